The number of rotatable bonds is 7. The molecule has 2 amide bonds. The Bertz CT molecular complexity index is 606. The molecular weight excluding hydrogens is 350 g/mol. The summed E-state index contributed by atoms with van der Waals surface area (Å²) in [4.78, 5) is 27.5. The Morgan fingerprint density at radius 2 is 1.96 bits per heavy atom. The number of likely N-dealkylation sites (tertiary alicyclic amines) is 1. The molecule has 1 saturated heterocycles. The maximum absolute atomic E-state index is 13.0. The summed E-state index contributed by atoms with van der Waals surface area (Å²) in [6.07, 6.45) is 1.68. The minimum atomic E-state index is -0.458. The molecule has 1 aromatic rings. The van der Waals surface area contributed by atoms with Gasteiger partial charge < -0.3 is 15.5 Å². The van der Waals surface area contributed by atoms with E-state index in [1.807, 2.05) is 37.1 Å². The van der Waals surface area contributed by atoms with Crippen molar-refractivity contribution in [1.82, 2.24) is 15.5 Å². The van der Waals surface area contributed by atoms with Gasteiger partial charge in [0, 0.05) is 18.7 Å². The summed E-state index contributed by atoms with van der Waals surface area (Å²) in [7, 11) is 1.94. The highest BCUT2D eigenvalue weighted by Crippen LogP contribution is 2.19. The second-order valence-corrected chi connectivity index (χ2v) is 7.47. The summed E-state index contributed by atoms with van der Waals surface area (Å²) < 4.78 is 0. The number of carbonyl (C=O) groups is 2. The van der Waals surface area contributed by atoms with Crippen molar-refractivity contribution in [2.45, 2.75) is 39.7 Å². The molecule has 146 valence electrons. The van der Waals surface area contributed by atoms with E-state index in [9.17, 15) is 9.59 Å². The van der Waals surface area contributed by atoms with Crippen LogP contribution in [0.15, 0.2) is 24.3 Å². The van der Waals surface area contributed by atoms with Gasteiger partial charge in [-0.1, -0.05) is 32.0 Å². The van der Waals surface area contributed by atoms with Crippen LogP contribution in [0.25, 0.3) is 0 Å². The van der Waals surface area contributed by atoms with Crippen LogP contribution in [0.2, 0.25) is 0 Å². The molecule has 1 heterocycles. The van der Waals surface area contributed by atoms with Crippen molar-refractivity contribution in [3.8, 4) is 0 Å². The Morgan fingerprint density at radius 1 is 1.27 bits per heavy atom. The molecule has 0 spiro atoms. The Morgan fingerprint density at radius 3 is 2.58 bits per heavy atom. The van der Waals surface area contributed by atoms with Crippen LogP contribution in [0.4, 0.5) is 0 Å². The van der Waals surface area contributed by atoms with E-state index in [-0.39, 0.29) is 24.2 Å². The number of hydrogen-bond acceptors (Lipinski definition) is 3. The summed E-state index contributed by atoms with van der Waals surface area (Å²) in [5.41, 5.74) is 1.56. The van der Waals surface area contributed by atoms with Crippen LogP contribution in [0.1, 0.15) is 42.6 Å². The number of nitrogens with one attached hydrogen (secondary N) is 2. The monoisotopic (exact) mass is 381 g/mol. The lowest BCUT2D eigenvalue weighted by atomic mass is 10.0. The summed E-state index contributed by atoms with van der Waals surface area (Å²) >= 11 is 0. The Balaban J connectivity index is 0.00000338. The van der Waals surface area contributed by atoms with Crippen LogP contribution in [-0.2, 0) is 4.79 Å². The first-order valence-corrected chi connectivity index (χ1v) is 9.22. The molecule has 5 nitrogen and oxygen atoms in total. The predicted molar refractivity (Wildman–Crippen MR) is 108 cm³/mol. The summed E-state index contributed by atoms with van der Waals surface area (Å²) in [5.74, 6) is 0.722. The molecular formula is C20H32ClN3O2. The van der Waals surface area contributed by atoms with Crippen molar-refractivity contribution >= 4 is 24.2 Å². The van der Waals surface area contributed by atoms with Crippen molar-refractivity contribution in [3.63, 3.8) is 0 Å². The number of nitrogens with zero attached hydrogens (tertiary/aromatic N) is 1. The normalized spacial score (nSPS) is 17.7. The molecule has 2 atom stereocenters. The van der Waals surface area contributed by atoms with E-state index in [1.165, 1.54) is 0 Å². The lowest BCUT2D eigenvalue weighted by Crippen LogP contribution is -2.48. The van der Waals surface area contributed by atoms with Gasteiger partial charge in [-0.05, 0) is 56.8 Å². The third-order valence-electron chi connectivity index (χ3n) is 4.79. The zero-order chi connectivity index (χ0) is 18.4. The van der Waals surface area contributed by atoms with Gasteiger partial charge in [-0.2, -0.15) is 0 Å². The molecule has 0 bridgehead atoms. The standard InChI is InChI=1S/C20H31N3O2.ClH/c1-14(2)11-18(20(25)23-10-9-16(13-23)12-21-4)22-19(24)17-8-6-5-7-15(17)3;/h5-8,14,16,18,21H,9-13H2,1-4H3,(H,22,24);1H. The summed E-state index contributed by atoms with van der Waals surface area (Å²) in [6.45, 7) is 8.54. The van der Waals surface area contributed by atoms with E-state index in [1.54, 1.807) is 6.07 Å². The van der Waals surface area contributed by atoms with E-state index >= 15 is 0 Å². The fraction of sp³-hybridized carbons (Fsp3) is 0.600. The van der Waals surface area contributed by atoms with Crippen molar-refractivity contribution in [2.24, 2.45) is 11.8 Å². The lowest BCUT2D eigenvalue weighted by Gasteiger charge is -2.26. The van der Waals surface area contributed by atoms with Gasteiger partial charge in [-0.25, -0.2) is 0 Å². The fourth-order valence-electron chi connectivity index (χ4n) is 3.47. The van der Waals surface area contributed by atoms with E-state index in [4.69, 9.17) is 0 Å². The average molecular weight is 382 g/mol. The number of benzene rings is 1. The topological polar surface area (TPSA) is 61.4 Å². The zero-order valence-corrected chi connectivity index (χ0v) is 17.1. The number of hydrogen-bond donors (Lipinski definition) is 2. The number of amides is 2. The minimum Gasteiger partial charge on any atom is -0.341 e. The van der Waals surface area contributed by atoms with E-state index in [0.717, 1.165) is 31.6 Å². The maximum atomic E-state index is 13.0. The second kappa shape index (κ2) is 10.5. The predicted octanol–water partition coefficient (Wildman–Crippen LogP) is 2.63. The molecule has 6 heteroatoms. The number of carbonyl (C=O) groups excluding carboxylic acids is 2. The smallest absolute Gasteiger partial charge is 0.252 e. The Kier molecular flexibility index (Phi) is 9.09. The first-order valence-electron chi connectivity index (χ1n) is 9.22. The Hall–Kier alpha value is -1.59. The largest absolute Gasteiger partial charge is 0.341 e. The fourth-order valence-corrected chi connectivity index (χ4v) is 3.47. The van der Waals surface area contributed by atoms with Gasteiger partial charge in [0.1, 0.15) is 6.04 Å². The highest BCUT2D eigenvalue weighted by Gasteiger charge is 2.32. The molecule has 0 aliphatic carbocycles. The third-order valence-corrected chi connectivity index (χ3v) is 4.79. The van der Waals surface area contributed by atoms with Gasteiger partial charge in [0.05, 0.1) is 0 Å². The highest BCUT2D eigenvalue weighted by atomic mass is 35.5. The van der Waals surface area contributed by atoms with Gasteiger partial charge in [-0.3, -0.25) is 9.59 Å². The van der Waals surface area contributed by atoms with Crippen molar-refractivity contribution < 1.29 is 9.59 Å². The molecule has 1 fully saturated rings. The van der Waals surface area contributed by atoms with E-state index in [2.05, 4.69) is 24.5 Å². The maximum Gasteiger partial charge on any atom is 0.252 e. The second-order valence-electron chi connectivity index (χ2n) is 7.47. The summed E-state index contributed by atoms with van der Waals surface area (Å²) in [5, 5.41) is 6.17. The average Bonchev–Trinajstić information content (AvgIpc) is 3.02. The van der Waals surface area contributed by atoms with Crippen LogP contribution in [0.3, 0.4) is 0 Å². The third kappa shape index (κ3) is 5.99. The summed E-state index contributed by atoms with van der Waals surface area (Å²) in [6, 6.07) is 7.02. The number of aryl methyl sites for hydroxylation is 1. The van der Waals surface area contributed by atoms with Gasteiger partial charge in [0.15, 0.2) is 0 Å². The molecule has 1 aromatic carbocycles. The van der Waals surface area contributed by atoms with Gasteiger partial charge in [0.25, 0.3) is 5.91 Å². The first kappa shape index (κ1) is 22.5. The highest BCUT2D eigenvalue weighted by molar-refractivity contribution is 5.98. The SMILES string of the molecule is CNCC1CCN(C(=O)C(CC(C)C)NC(=O)c2ccccc2C)C1.Cl. The quantitative estimate of drug-likeness (QED) is 0.763. The molecule has 0 radical (unpaired) electrons. The number of halogens is 1. The van der Waals surface area contributed by atoms with Gasteiger partial charge >= 0.3 is 0 Å². The molecule has 0 saturated carbocycles. The molecule has 2 N–H and O–H groups in total. The van der Waals surface area contributed by atoms with Crippen LogP contribution in [0.5, 0.6) is 0 Å². The zero-order valence-electron chi connectivity index (χ0n) is 16.2. The van der Waals surface area contributed by atoms with Crippen LogP contribution >= 0.6 is 12.4 Å². The molecule has 2 rings (SSSR count). The molecule has 1 aliphatic rings. The van der Waals surface area contributed by atoms with Crippen LogP contribution in [0, 0.1) is 18.8 Å². The molecule has 26 heavy (non-hydrogen) atoms. The van der Waals surface area contributed by atoms with E-state index in [0.29, 0.717) is 23.8 Å². The lowest BCUT2D eigenvalue weighted by molar-refractivity contribution is -0.132. The molecule has 0 aromatic heterocycles. The van der Waals surface area contributed by atoms with Crippen molar-refractivity contribution in [2.75, 3.05) is 26.7 Å². The van der Waals surface area contributed by atoms with Crippen LogP contribution in [-0.4, -0.2) is 49.4 Å². The first-order chi connectivity index (χ1) is 11.9. The Labute approximate surface area is 163 Å². The van der Waals surface area contributed by atoms with Gasteiger partial charge in [0.2, 0.25) is 5.91 Å². The molecule has 2 unspecified atom stereocenters. The van der Waals surface area contributed by atoms with Crippen LogP contribution < -0.4 is 10.6 Å². The van der Waals surface area contributed by atoms with Crippen molar-refractivity contribution in [1.29, 1.82) is 0 Å². The van der Waals surface area contributed by atoms with Gasteiger partial charge in [-0.15, -0.1) is 12.4 Å². The minimum absolute atomic E-state index is 0. The molecule has 1 aliphatic heterocycles. The van der Waals surface area contributed by atoms with E-state index < -0.39 is 6.04 Å². The van der Waals surface area contributed by atoms with Crippen molar-refractivity contribution in [3.05, 3.63) is 35.4 Å².